The first kappa shape index (κ1) is 14.0. The topological polar surface area (TPSA) is 86.5 Å². The molecule has 1 aliphatic rings. The van der Waals surface area contributed by atoms with Crippen molar-refractivity contribution in [1.82, 2.24) is 14.8 Å². The van der Waals surface area contributed by atoms with Crippen LogP contribution in [0, 0.1) is 18.3 Å². The molecule has 0 aliphatic carbocycles. The highest BCUT2D eigenvalue weighted by Crippen LogP contribution is 2.30. The monoisotopic (exact) mass is 325 g/mol. The number of fused-ring (bicyclic) bond motifs is 2. The van der Waals surface area contributed by atoms with Crippen LogP contribution in [0.5, 0.6) is 0 Å². The summed E-state index contributed by atoms with van der Waals surface area (Å²) in [6.45, 7) is 2.85. The molecule has 0 amide bonds. The van der Waals surface area contributed by atoms with Gasteiger partial charge in [0.2, 0.25) is 0 Å². The molecule has 1 unspecified atom stereocenters. The smallest absolute Gasteiger partial charge is 0.153 e. The third-order valence-electron chi connectivity index (χ3n) is 4.26. The molecule has 6 nitrogen and oxygen atoms in total. The van der Waals surface area contributed by atoms with Crippen LogP contribution in [-0.2, 0) is 24.0 Å². The Hall–Kier alpha value is -2.59. The van der Waals surface area contributed by atoms with Crippen molar-refractivity contribution in [3.05, 3.63) is 41.3 Å². The Morgan fingerprint density at radius 2 is 2.35 bits per heavy atom. The fraction of sp³-hybridized carbons (Fsp3) is 0.250. The zero-order valence-corrected chi connectivity index (χ0v) is 13.4. The van der Waals surface area contributed by atoms with E-state index < -0.39 is 11.0 Å². The van der Waals surface area contributed by atoms with E-state index in [0.29, 0.717) is 5.56 Å². The SMILES string of the molecule is Cc1ccc(NS(=O)c2cnn3c2CCC3)c2[nH]cc(C#N)c12. The summed E-state index contributed by atoms with van der Waals surface area (Å²) >= 11 is 0. The van der Waals surface area contributed by atoms with Gasteiger partial charge in [-0.2, -0.15) is 10.4 Å². The number of nitrogens with one attached hydrogen (secondary N) is 2. The maximum Gasteiger partial charge on any atom is 0.153 e. The molecule has 0 radical (unpaired) electrons. The normalized spacial score (nSPS) is 14.6. The summed E-state index contributed by atoms with van der Waals surface area (Å²) in [4.78, 5) is 3.85. The third-order valence-corrected chi connectivity index (χ3v) is 5.41. The van der Waals surface area contributed by atoms with Gasteiger partial charge in [0.25, 0.3) is 0 Å². The van der Waals surface area contributed by atoms with Crippen LogP contribution in [0.2, 0.25) is 0 Å². The van der Waals surface area contributed by atoms with Crippen molar-refractivity contribution < 1.29 is 4.21 Å². The van der Waals surface area contributed by atoms with Gasteiger partial charge < -0.3 is 4.98 Å². The first-order chi connectivity index (χ1) is 11.2. The molecule has 3 heterocycles. The fourth-order valence-electron chi connectivity index (χ4n) is 3.14. The van der Waals surface area contributed by atoms with Gasteiger partial charge in [0, 0.05) is 18.1 Å². The highest BCUT2D eigenvalue weighted by Gasteiger charge is 2.21. The number of aryl methyl sites for hydroxylation is 2. The molecule has 1 atom stereocenters. The van der Waals surface area contributed by atoms with Crippen LogP contribution in [0.4, 0.5) is 5.69 Å². The van der Waals surface area contributed by atoms with Crippen LogP contribution in [0.1, 0.15) is 23.2 Å². The zero-order chi connectivity index (χ0) is 16.0. The van der Waals surface area contributed by atoms with Crippen molar-refractivity contribution >= 4 is 27.6 Å². The predicted octanol–water partition coefficient (Wildman–Crippen LogP) is 2.63. The molecule has 3 aromatic rings. The summed E-state index contributed by atoms with van der Waals surface area (Å²) in [5.74, 6) is 0. The van der Waals surface area contributed by atoms with Crippen molar-refractivity contribution in [3.63, 3.8) is 0 Å². The Balaban J connectivity index is 1.73. The van der Waals surface area contributed by atoms with Gasteiger partial charge in [-0.25, -0.2) is 4.21 Å². The summed E-state index contributed by atoms with van der Waals surface area (Å²) in [5.41, 5.74) is 4.18. The van der Waals surface area contributed by atoms with Crippen molar-refractivity contribution in [3.8, 4) is 6.07 Å². The Kier molecular flexibility index (Phi) is 3.20. The van der Waals surface area contributed by atoms with E-state index in [1.54, 1.807) is 12.4 Å². The summed E-state index contributed by atoms with van der Waals surface area (Å²) in [5, 5.41) is 14.4. The second-order valence-electron chi connectivity index (χ2n) is 5.65. The molecule has 2 N–H and O–H groups in total. The summed E-state index contributed by atoms with van der Waals surface area (Å²) < 4.78 is 17.7. The number of nitrogens with zero attached hydrogens (tertiary/aromatic N) is 3. The number of rotatable bonds is 3. The lowest BCUT2D eigenvalue weighted by Crippen LogP contribution is -2.07. The molecule has 7 heteroatoms. The number of hydrogen-bond acceptors (Lipinski definition) is 3. The van der Waals surface area contributed by atoms with E-state index in [-0.39, 0.29) is 0 Å². The van der Waals surface area contributed by atoms with E-state index in [4.69, 9.17) is 0 Å². The van der Waals surface area contributed by atoms with E-state index in [1.165, 1.54) is 0 Å². The number of anilines is 1. The first-order valence-corrected chi connectivity index (χ1v) is 8.58. The molecule has 4 rings (SSSR count). The molecular weight excluding hydrogens is 310 g/mol. The summed E-state index contributed by atoms with van der Waals surface area (Å²) in [7, 11) is -1.38. The Labute approximate surface area is 135 Å². The van der Waals surface area contributed by atoms with Crippen LogP contribution < -0.4 is 4.72 Å². The number of benzene rings is 1. The van der Waals surface area contributed by atoms with Gasteiger partial charge in [-0.3, -0.25) is 9.40 Å². The van der Waals surface area contributed by atoms with Gasteiger partial charge in [-0.1, -0.05) is 6.07 Å². The number of hydrogen-bond donors (Lipinski definition) is 2. The average Bonchev–Trinajstić information content (AvgIpc) is 3.23. The molecule has 1 aromatic carbocycles. The molecule has 116 valence electrons. The Morgan fingerprint density at radius 1 is 1.48 bits per heavy atom. The van der Waals surface area contributed by atoms with Crippen LogP contribution in [-0.4, -0.2) is 19.0 Å². The van der Waals surface area contributed by atoms with Crippen LogP contribution in [0.3, 0.4) is 0 Å². The van der Waals surface area contributed by atoms with Crippen LogP contribution >= 0.6 is 0 Å². The van der Waals surface area contributed by atoms with E-state index >= 15 is 0 Å². The number of nitriles is 1. The van der Waals surface area contributed by atoms with E-state index in [2.05, 4.69) is 20.9 Å². The second kappa shape index (κ2) is 5.25. The molecule has 2 aromatic heterocycles. The van der Waals surface area contributed by atoms with Gasteiger partial charge in [-0.15, -0.1) is 0 Å². The summed E-state index contributed by atoms with van der Waals surface area (Å²) in [6, 6.07) is 6.00. The maximum absolute atomic E-state index is 12.7. The Bertz CT molecular complexity index is 978. The standard InChI is InChI=1S/C16H15N5OS/c1-10-4-5-12(16-15(10)11(7-17)8-18-16)20-23(22)14-9-19-21-6-2-3-13(14)21/h4-5,8-9,18,20H,2-3,6H2,1H3. The highest BCUT2D eigenvalue weighted by molar-refractivity contribution is 7.86. The van der Waals surface area contributed by atoms with E-state index in [1.807, 2.05) is 23.7 Å². The zero-order valence-electron chi connectivity index (χ0n) is 12.6. The molecule has 1 aliphatic heterocycles. The quantitative estimate of drug-likeness (QED) is 0.776. The van der Waals surface area contributed by atoms with Gasteiger partial charge in [-0.05, 0) is 31.4 Å². The van der Waals surface area contributed by atoms with Gasteiger partial charge in [0.1, 0.15) is 11.0 Å². The fourth-order valence-corrected chi connectivity index (χ4v) is 4.18. The van der Waals surface area contributed by atoms with Crippen LogP contribution in [0.15, 0.2) is 29.4 Å². The lowest BCUT2D eigenvalue weighted by atomic mass is 10.1. The van der Waals surface area contributed by atoms with E-state index in [0.717, 1.165) is 52.1 Å². The molecular formula is C16H15N5OS. The third kappa shape index (κ3) is 2.14. The molecule has 0 saturated heterocycles. The molecule has 0 bridgehead atoms. The van der Waals surface area contributed by atoms with Gasteiger partial charge >= 0.3 is 0 Å². The first-order valence-electron chi connectivity index (χ1n) is 7.43. The predicted molar refractivity (Wildman–Crippen MR) is 88.3 cm³/mol. The average molecular weight is 325 g/mol. The van der Waals surface area contributed by atoms with Gasteiger partial charge in [0.05, 0.1) is 28.7 Å². The van der Waals surface area contributed by atoms with Crippen molar-refractivity contribution in [2.75, 3.05) is 4.72 Å². The summed E-state index contributed by atoms with van der Waals surface area (Å²) in [6.07, 6.45) is 5.32. The van der Waals surface area contributed by atoms with Gasteiger partial charge in [0.15, 0.2) is 11.0 Å². The number of aromatic amines is 1. The lowest BCUT2D eigenvalue weighted by Gasteiger charge is -2.08. The molecule has 0 fully saturated rings. The second-order valence-corrected chi connectivity index (χ2v) is 6.83. The van der Waals surface area contributed by atoms with E-state index in [9.17, 15) is 9.47 Å². The maximum atomic E-state index is 12.7. The minimum atomic E-state index is -1.38. The lowest BCUT2D eigenvalue weighted by molar-refractivity contribution is 0.656. The molecule has 0 spiro atoms. The minimum Gasteiger partial charge on any atom is -0.358 e. The minimum absolute atomic E-state index is 0.596. The van der Waals surface area contributed by atoms with Crippen molar-refractivity contribution in [2.24, 2.45) is 0 Å². The largest absolute Gasteiger partial charge is 0.358 e. The highest BCUT2D eigenvalue weighted by atomic mass is 32.2. The molecule has 0 saturated carbocycles. The van der Waals surface area contributed by atoms with Crippen LogP contribution in [0.25, 0.3) is 10.9 Å². The number of H-pyrrole nitrogens is 1. The Morgan fingerprint density at radius 3 is 3.17 bits per heavy atom. The van der Waals surface area contributed by atoms with Crippen molar-refractivity contribution in [2.45, 2.75) is 31.2 Å². The van der Waals surface area contributed by atoms with Crippen molar-refractivity contribution in [1.29, 1.82) is 5.26 Å². The number of aromatic nitrogens is 3. The molecule has 23 heavy (non-hydrogen) atoms.